The van der Waals surface area contributed by atoms with Crippen LogP contribution in [-0.4, -0.2) is 75.2 Å². The topological polar surface area (TPSA) is 141 Å². The van der Waals surface area contributed by atoms with E-state index in [-0.39, 0.29) is 17.0 Å². The van der Waals surface area contributed by atoms with E-state index in [0.717, 1.165) is 5.69 Å². The maximum Gasteiger partial charge on any atom is 0.269 e. The molecule has 0 unspecified atom stereocenters. The molecule has 3 N–H and O–H groups in total. The van der Waals surface area contributed by atoms with Crippen LogP contribution in [0.4, 0.5) is 11.4 Å². The van der Waals surface area contributed by atoms with Crippen LogP contribution in [0, 0.1) is 10.1 Å². The van der Waals surface area contributed by atoms with Gasteiger partial charge in [-0.1, -0.05) is 0 Å². The molecule has 2 aromatic carbocycles. The lowest BCUT2D eigenvalue weighted by molar-refractivity contribution is -0.384. The Labute approximate surface area is 201 Å². The molecule has 1 aliphatic heterocycles. The fourth-order valence-corrected chi connectivity index (χ4v) is 3.99. The maximum atomic E-state index is 13.0. The van der Waals surface area contributed by atoms with Gasteiger partial charge in [-0.2, -0.15) is 0 Å². The van der Waals surface area contributed by atoms with Crippen LogP contribution in [0.15, 0.2) is 67.0 Å². The van der Waals surface area contributed by atoms with Crippen LogP contribution in [0.3, 0.4) is 0 Å². The molecule has 0 spiro atoms. The highest BCUT2D eigenvalue weighted by atomic mass is 16.6. The highest BCUT2D eigenvalue weighted by Gasteiger charge is 2.29. The Hall–Kier alpha value is -4.38. The molecule has 1 aromatic heterocycles. The number of nitro groups is 1. The minimum Gasteiger partial charge on any atom is -0.507 e. The first-order valence-electron chi connectivity index (χ1n) is 11.0. The van der Waals surface area contributed by atoms with E-state index >= 15 is 0 Å². The van der Waals surface area contributed by atoms with Gasteiger partial charge in [0.15, 0.2) is 0 Å². The average molecular weight is 479 g/mol. The molecule has 11 heteroatoms. The molecule has 2 amide bonds. The van der Waals surface area contributed by atoms with Gasteiger partial charge in [0.2, 0.25) is 5.91 Å². The van der Waals surface area contributed by atoms with Gasteiger partial charge >= 0.3 is 0 Å². The molecule has 35 heavy (non-hydrogen) atoms. The summed E-state index contributed by atoms with van der Waals surface area (Å²) in [5.74, 6) is -1.34. The van der Waals surface area contributed by atoms with Crippen molar-refractivity contribution in [2.24, 2.45) is 0 Å². The predicted molar refractivity (Wildman–Crippen MR) is 128 cm³/mol. The summed E-state index contributed by atoms with van der Waals surface area (Å²) in [7, 11) is 0. The van der Waals surface area contributed by atoms with Gasteiger partial charge in [-0.15, -0.1) is 0 Å². The van der Waals surface area contributed by atoms with E-state index in [1.807, 2.05) is 17.0 Å². The number of aliphatic hydroxyl groups is 1. The number of nitrogens with one attached hydrogen (secondary N) is 1. The number of hydrogen-bond acceptors (Lipinski definition) is 7. The van der Waals surface area contributed by atoms with Crippen LogP contribution in [0.5, 0.6) is 5.75 Å². The molecular formula is C24H25N5O6. The Kier molecular flexibility index (Phi) is 6.97. The number of anilines is 1. The molecule has 0 saturated carbocycles. The summed E-state index contributed by atoms with van der Waals surface area (Å²) in [5, 5.41) is 33.4. The quantitative estimate of drug-likeness (QED) is 0.345. The Morgan fingerprint density at radius 2 is 1.63 bits per heavy atom. The first kappa shape index (κ1) is 23.8. The fourth-order valence-electron chi connectivity index (χ4n) is 3.99. The molecular weight excluding hydrogens is 454 g/mol. The molecule has 1 atom stereocenters. The van der Waals surface area contributed by atoms with E-state index in [0.29, 0.717) is 31.9 Å². The van der Waals surface area contributed by atoms with Crippen molar-refractivity contribution in [3.63, 3.8) is 0 Å². The maximum absolute atomic E-state index is 13.0. The summed E-state index contributed by atoms with van der Waals surface area (Å²) in [6.07, 6.45) is 3.59. The normalized spacial score (nSPS) is 14.4. The molecule has 11 nitrogen and oxygen atoms in total. The first-order valence-corrected chi connectivity index (χ1v) is 11.0. The second-order valence-electron chi connectivity index (χ2n) is 8.09. The molecule has 4 rings (SSSR count). The molecule has 0 aliphatic carbocycles. The van der Waals surface area contributed by atoms with Crippen molar-refractivity contribution in [1.29, 1.82) is 0 Å². The van der Waals surface area contributed by atoms with Gasteiger partial charge in [-0.3, -0.25) is 19.7 Å². The van der Waals surface area contributed by atoms with Crippen LogP contribution < -0.4 is 10.2 Å². The number of rotatable bonds is 7. The summed E-state index contributed by atoms with van der Waals surface area (Å²) in [6.45, 7) is 1.11. The van der Waals surface area contributed by atoms with Crippen LogP contribution in [-0.2, 0) is 4.79 Å². The van der Waals surface area contributed by atoms with Crippen molar-refractivity contribution in [2.45, 2.75) is 6.04 Å². The number of hydrogen-bond donors (Lipinski definition) is 3. The third-order valence-corrected chi connectivity index (χ3v) is 5.93. The highest BCUT2D eigenvalue weighted by Crippen LogP contribution is 2.22. The van der Waals surface area contributed by atoms with Gasteiger partial charge < -0.3 is 29.9 Å². The number of phenolic OH excluding ortho intramolecular Hbond substituents is 1. The zero-order valence-electron chi connectivity index (χ0n) is 18.8. The van der Waals surface area contributed by atoms with Crippen molar-refractivity contribution in [3.8, 4) is 11.4 Å². The Morgan fingerprint density at radius 1 is 1.00 bits per heavy atom. The van der Waals surface area contributed by atoms with Gasteiger partial charge in [0, 0.05) is 62.1 Å². The van der Waals surface area contributed by atoms with Crippen molar-refractivity contribution < 1.29 is 24.7 Å². The SMILES string of the molecule is O=C(N[C@@H](CO)C(=O)N1CCN(c2ccc([N+](=O)[O-])cc2)CC1)c1cc(-n2cccc2)ccc1O. The Bertz CT molecular complexity index is 1200. The number of carbonyl (C=O) groups is 2. The second kappa shape index (κ2) is 10.3. The summed E-state index contributed by atoms with van der Waals surface area (Å²) in [6, 6.07) is 13.3. The van der Waals surface area contributed by atoms with Crippen LogP contribution >= 0.6 is 0 Å². The number of non-ortho nitro benzene ring substituents is 1. The number of aromatic hydroxyl groups is 1. The number of benzene rings is 2. The summed E-state index contributed by atoms with van der Waals surface area (Å²) >= 11 is 0. The van der Waals surface area contributed by atoms with Crippen molar-refractivity contribution in [2.75, 3.05) is 37.7 Å². The highest BCUT2D eigenvalue weighted by molar-refractivity contribution is 6.00. The lowest BCUT2D eigenvalue weighted by Crippen LogP contribution is -2.56. The molecule has 1 fully saturated rings. The van der Waals surface area contributed by atoms with E-state index in [1.165, 1.54) is 24.3 Å². The number of aromatic nitrogens is 1. The van der Waals surface area contributed by atoms with Crippen molar-refractivity contribution >= 4 is 23.2 Å². The molecule has 1 aliphatic rings. The van der Waals surface area contributed by atoms with Crippen LogP contribution in [0.1, 0.15) is 10.4 Å². The standard InChI is InChI=1S/C24H25N5O6/c30-16-21(25-23(32)20-15-19(7-8-22(20)31)26-9-1-2-10-26)24(33)28-13-11-27(12-14-28)17-3-5-18(6-4-17)29(34)35/h1-10,15,21,30-31H,11-14,16H2,(H,25,32)/t21-/m0/s1. The van der Waals surface area contributed by atoms with Gasteiger partial charge in [0.25, 0.3) is 11.6 Å². The summed E-state index contributed by atoms with van der Waals surface area (Å²) in [4.78, 5) is 39.8. The molecule has 3 aromatic rings. The Balaban J connectivity index is 1.38. The Morgan fingerprint density at radius 3 is 2.23 bits per heavy atom. The first-order chi connectivity index (χ1) is 16.9. The third-order valence-electron chi connectivity index (χ3n) is 5.93. The molecule has 1 saturated heterocycles. The van der Waals surface area contributed by atoms with E-state index in [4.69, 9.17) is 0 Å². The van der Waals surface area contributed by atoms with E-state index in [1.54, 1.807) is 40.1 Å². The smallest absolute Gasteiger partial charge is 0.269 e. The average Bonchev–Trinajstić information content (AvgIpc) is 3.42. The van der Waals surface area contributed by atoms with E-state index in [2.05, 4.69) is 5.32 Å². The minimum atomic E-state index is -1.16. The monoisotopic (exact) mass is 479 g/mol. The van der Waals surface area contributed by atoms with Gasteiger partial charge in [0.05, 0.1) is 17.1 Å². The van der Waals surface area contributed by atoms with Gasteiger partial charge in [-0.05, 0) is 42.5 Å². The van der Waals surface area contributed by atoms with Crippen molar-refractivity contribution in [3.05, 3.63) is 82.7 Å². The number of amides is 2. The zero-order valence-corrected chi connectivity index (χ0v) is 18.8. The summed E-state index contributed by atoms with van der Waals surface area (Å²) in [5.41, 5.74) is 1.47. The van der Waals surface area contributed by atoms with E-state index in [9.17, 15) is 29.9 Å². The second-order valence-corrected chi connectivity index (χ2v) is 8.09. The summed E-state index contributed by atoms with van der Waals surface area (Å²) < 4.78 is 1.77. The third kappa shape index (κ3) is 5.25. The molecule has 0 bridgehead atoms. The lowest BCUT2D eigenvalue weighted by atomic mass is 10.1. The minimum absolute atomic E-state index is 0.00836. The number of phenols is 1. The number of nitrogens with zero attached hydrogens (tertiary/aromatic N) is 4. The number of nitro benzene ring substituents is 1. The zero-order chi connectivity index (χ0) is 24.9. The van der Waals surface area contributed by atoms with Crippen LogP contribution in [0.2, 0.25) is 0 Å². The number of carbonyl (C=O) groups excluding carboxylic acids is 2. The fraction of sp³-hybridized carbons (Fsp3) is 0.250. The molecule has 0 radical (unpaired) electrons. The lowest BCUT2D eigenvalue weighted by Gasteiger charge is -2.37. The van der Waals surface area contributed by atoms with Crippen LogP contribution in [0.25, 0.3) is 5.69 Å². The van der Waals surface area contributed by atoms with E-state index < -0.39 is 29.4 Å². The van der Waals surface area contributed by atoms with Gasteiger partial charge in [-0.25, -0.2) is 0 Å². The number of aliphatic hydroxyl groups excluding tert-OH is 1. The predicted octanol–water partition coefficient (Wildman–Crippen LogP) is 1.53. The molecule has 182 valence electrons. The number of piperazine rings is 1. The van der Waals surface area contributed by atoms with Crippen molar-refractivity contribution in [1.82, 2.24) is 14.8 Å². The van der Waals surface area contributed by atoms with Gasteiger partial charge in [0.1, 0.15) is 11.8 Å². The largest absolute Gasteiger partial charge is 0.507 e. The molecule has 2 heterocycles.